The van der Waals surface area contributed by atoms with E-state index >= 15 is 0 Å². The van der Waals surface area contributed by atoms with Crippen molar-refractivity contribution in [2.45, 2.75) is 51.2 Å². The highest BCUT2D eigenvalue weighted by molar-refractivity contribution is 5.92. The predicted molar refractivity (Wildman–Crippen MR) is 81.8 cm³/mol. The zero-order valence-electron chi connectivity index (χ0n) is 12.9. The fourth-order valence-electron chi connectivity index (χ4n) is 2.82. The number of hydrogen-bond donors (Lipinski definition) is 3. The molecule has 0 radical (unpaired) electrons. The van der Waals surface area contributed by atoms with Crippen molar-refractivity contribution >= 4 is 11.6 Å². The highest BCUT2D eigenvalue weighted by Crippen LogP contribution is 2.40. The topological polar surface area (TPSA) is 73.9 Å². The van der Waals surface area contributed by atoms with Gasteiger partial charge < -0.3 is 16.3 Å². The SMILES string of the molecule is CC1(C)CC(N=C(N)Nc2ccc(F)cc2)C(C)(C)N1O. The van der Waals surface area contributed by atoms with E-state index in [1.165, 1.54) is 17.2 Å². The normalized spacial score (nSPS) is 25.0. The van der Waals surface area contributed by atoms with Crippen molar-refractivity contribution in [2.75, 3.05) is 5.32 Å². The number of nitrogens with zero attached hydrogens (tertiary/aromatic N) is 2. The van der Waals surface area contributed by atoms with E-state index in [9.17, 15) is 9.60 Å². The number of guanidine groups is 1. The molecule has 116 valence electrons. The number of hydrogen-bond acceptors (Lipinski definition) is 3. The summed E-state index contributed by atoms with van der Waals surface area (Å²) in [5, 5.41) is 14.5. The lowest BCUT2D eigenvalue weighted by Gasteiger charge is -2.34. The van der Waals surface area contributed by atoms with Crippen molar-refractivity contribution in [3.8, 4) is 0 Å². The first-order valence-corrected chi connectivity index (χ1v) is 6.98. The highest BCUT2D eigenvalue weighted by Gasteiger charge is 2.51. The molecule has 1 aliphatic rings. The standard InChI is InChI=1S/C15H23FN4O/c1-14(2)9-12(15(3,4)20(14)21)19-13(17)18-11-7-5-10(16)6-8-11/h5-8,12,21H,9H2,1-4H3,(H3,17,18,19). The third kappa shape index (κ3) is 3.16. The molecule has 1 aromatic rings. The van der Waals surface area contributed by atoms with Crippen LogP contribution in [-0.4, -0.2) is 33.3 Å². The number of benzene rings is 1. The van der Waals surface area contributed by atoms with E-state index in [2.05, 4.69) is 10.3 Å². The molecule has 21 heavy (non-hydrogen) atoms. The summed E-state index contributed by atoms with van der Waals surface area (Å²) in [5.74, 6) is -0.0450. The minimum atomic E-state index is -0.501. The van der Waals surface area contributed by atoms with Gasteiger partial charge in [-0.15, -0.1) is 0 Å². The second-order valence-corrected chi connectivity index (χ2v) is 6.64. The molecule has 1 fully saturated rings. The minimum absolute atomic E-state index is 0.134. The molecule has 0 bridgehead atoms. The van der Waals surface area contributed by atoms with Gasteiger partial charge in [0.15, 0.2) is 5.96 Å². The predicted octanol–water partition coefficient (Wildman–Crippen LogP) is 2.57. The van der Waals surface area contributed by atoms with Crippen LogP contribution in [-0.2, 0) is 0 Å². The van der Waals surface area contributed by atoms with Gasteiger partial charge in [0.1, 0.15) is 5.82 Å². The molecule has 0 aromatic heterocycles. The number of hydroxylamine groups is 2. The van der Waals surface area contributed by atoms with Crippen LogP contribution in [0.3, 0.4) is 0 Å². The fourth-order valence-corrected chi connectivity index (χ4v) is 2.82. The molecule has 0 aliphatic carbocycles. The number of nitrogens with two attached hydrogens (primary N) is 1. The van der Waals surface area contributed by atoms with Crippen molar-refractivity contribution < 1.29 is 9.60 Å². The van der Waals surface area contributed by atoms with E-state index in [0.29, 0.717) is 12.1 Å². The van der Waals surface area contributed by atoms with Gasteiger partial charge in [0.05, 0.1) is 11.6 Å². The first kappa shape index (κ1) is 15.7. The smallest absolute Gasteiger partial charge is 0.193 e. The Morgan fingerprint density at radius 3 is 2.38 bits per heavy atom. The molecule has 1 atom stereocenters. The van der Waals surface area contributed by atoms with Gasteiger partial charge in [-0.3, -0.25) is 0 Å². The third-order valence-electron chi connectivity index (χ3n) is 4.04. The van der Waals surface area contributed by atoms with Gasteiger partial charge in [-0.05, 0) is 58.4 Å². The highest BCUT2D eigenvalue weighted by atomic mass is 19.1. The molecule has 0 spiro atoms. The van der Waals surface area contributed by atoms with E-state index in [4.69, 9.17) is 5.73 Å². The van der Waals surface area contributed by atoms with Crippen molar-refractivity contribution in [3.63, 3.8) is 0 Å². The molecule has 2 rings (SSSR count). The Balaban J connectivity index is 2.14. The van der Waals surface area contributed by atoms with Crippen LogP contribution in [0.4, 0.5) is 10.1 Å². The Hall–Kier alpha value is -1.66. The van der Waals surface area contributed by atoms with Gasteiger partial charge >= 0.3 is 0 Å². The summed E-state index contributed by atoms with van der Waals surface area (Å²) in [6.07, 6.45) is 0.697. The van der Waals surface area contributed by atoms with Crippen LogP contribution in [0, 0.1) is 5.82 Å². The molecule has 1 aromatic carbocycles. The molecule has 1 heterocycles. The van der Waals surface area contributed by atoms with Crippen molar-refractivity contribution in [1.29, 1.82) is 0 Å². The molecule has 1 saturated heterocycles. The van der Waals surface area contributed by atoms with Crippen LogP contribution in [0.5, 0.6) is 0 Å². The van der Waals surface area contributed by atoms with Gasteiger partial charge in [0.2, 0.25) is 0 Å². The molecule has 0 saturated carbocycles. The van der Waals surface area contributed by atoms with Crippen molar-refractivity contribution in [3.05, 3.63) is 30.1 Å². The summed E-state index contributed by atoms with van der Waals surface area (Å²) in [6.45, 7) is 7.80. The second-order valence-electron chi connectivity index (χ2n) is 6.64. The van der Waals surface area contributed by atoms with E-state index in [1.807, 2.05) is 27.7 Å². The van der Waals surface area contributed by atoms with E-state index < -0.39 is 5.54 Å². The fraction of sp³-hybridized carbons (Fsp3) is 0.533. The molecular formula is C15H23FN4O. The summed E-state index contributed by atoms with van der Waals surface area (Å²) in [5.41, 5.74) is 5.74. The van der Waals surface area contributed by atoms with Gasteiger partial charge in [0, 0.05) is 11.2 Å². The Kier molecular flexibility index (Phi) is 3.95. The van der Waals surface area contributed by atoms with Crippen LogP contribution in [0.1, 0.15) is 34.1 Å². The van der Waals surface area contributed by atoms with Crippen LogP contribution in [0.15, 0.2) is 29.3 Å². The summed E-state index contributed by atoms with van der Waals surface area (Å²) in [7, 11) is 0. The number of halogens is 1. The van der Waals surface area contributed by atoms with Crippen LogP contribution < -0.4 is 11.1 Å². The van der Waals surface area contributed by atoms with Crippen LogP contribution in [0.2, 0.25) is 0 Å². The zero-order valence-corrected chi connectivity index (χ0v) is 12.9. The molecule has 4 N–H and O–H groups in total. The van der Waals surface area contributed by atoms with E-state index in [0.717, 1.165) is 0 Å². The zero-order chi connectivity index (χ0) is 15.8. The Morgan fingerprint density at radius 2 is 1.90 bits per heavy atom. The average molecular weight is 294 g/mol. The van der Waals surface area contributed by atoms with Crippen LogP contribution in [0.25, 0.3) is 0 Å². The first-order valence-electron chi connectivity index (χ1n) is 6.98. The second kappa shape index (κ2) is 5.27. The molecular weight excluding hydrogens is 271 g/mol. The van der Waals surface area contributed by atoms with Crippen LogP contribution >= 0.6 is 0 Å². The molecule has 0 amide bonds. The lowest BCUT2D eigenvalue weighted by Crippen LogP contribution is -2.48. The maximum Gasteiger partial charge on any atom is 0.193 e. The molecule has 1 unspecified atom stereocenters. The summed E-state index contributed by atoms with van der Waals surface area (Å²) in [6, 6.07) is 5.77. The Morgan fingerprint density at radius 1 is 1.33 bits per heavy atom. The lowest BCUT2D eigenvalue weighted by molar-refractivity contribution is -0.193. The summed E-state index contributed by atoms with van der Waals surface area (Å²) < 4.78 is 12.9. The molecule has 5 nitrogen and oxygen atoms in total. The van der Waals surface area contributed by atoms with Crippen molar-refractivity contribution in [2.24, 2.45) is 10.7 Å². The number of aliphatic imine (C=N–C) groups is 1. The minimum Gasteiger partial charge on any atom is -0.370 e. The maximum absolute atomic E-state index is 12.9. The van der Waals surface area contributed by atoms with E-state index in [-0.39, 0.29) is 23.4 Å². The number of anilines is 1. The first-order chi connectivity index (χ1) is 9.63. The monoisotopic (exact) mass is 294 g/mol. The summed E-state index contributed by atoms with van der Waals surface area (Å²) in [4.78, 5) is 4.48. The number of rotatable bonds is 2. The quantitative estimate of drug-likeness (QED) is 0.579. The van der Waals surface area contributed by atoms with Gasteiger partial charge in [-0.25, -0.2) is 9.38 Å². The number of nitrogens with one attached hydrogen (secondary N) is 1. The third-order valence-corrected chi connectivity index (χ3v) is 4.04. The average Bonchev–Trinajstić information content (AvgIpc) is 2.53. The van der Waals surface area contributed by atoms with E-state index in [1.54, 1.807) is 12.1 Å². The molecule has 6 heteroatoms. The van der Waals surface area contributed by atoms with Gasteiger partial charge in [-0.2, -0.15) is 5.06 Å². The largest absolute Gasteiger partial charge is 0.370 e. The van der Waals surface area contributed by atoms with Gasteiger partial charge in [-0.1, -0.05) is 0 Å². The summed E-state index contributed by atoms with van der Waals surface area (Å²) >= 11 is 0. The molecule has 1 aliphatic heterocycles. The Labute approximate surface area is 124 Å². The van der Waals surface area contributed by atoms with Crippen molar-refractivity contribution in [1.82, 2.24) is 5.06 Å². The van der Waals surface area contributed by atoms with Gasteiger partial charge in [0.25, 0.3) is 0 Å². The maximum atomic E-state index is 12.9. The Bertz CT molecular complexity index is 539. The lowest BCUT2D eigenvalue weighted by atomic mass is 9.95.